The first-order chi connectivity index (χ1) is 11.7. The van der Waals surface area contributed by atoms with Crippen LogP contribution in [0.2, 0.25) is 0 Å². The Morgan fingerprint density at radius 3 is 2.54 bits per heavy atom. The van der Waals surface area contributed by atoms with Gasteiger partial charge < -0.3 is 19.5 Å². The van der Waals surface area contributed by atoms with Crippen LogP contribution < -0.4 is 19.5 Å². The van der Waals surface area contributed by atoms with Crippen LogP contribution in [0.15, 0.2) is 41.9 Å². The Hall–Kier alpha value is -2.80. The van der Waals surface area contributed by atoms with Gasteiger partial charge in [0.2, 0.25) is 5.88 Å². The fourth-order valence-corrected chi connectivity index (χ4v) is 2.89. The van der Waals surface area contributed by atoms with Crippen LogP contribution in [0.5, 0.6) is 17.4 Å². The van der Waals surface area contributed by atoms with E-state index >= 15 is 0 Å². The molecule has 0 aliphatic heterocycles. The van der Waals surface area contributed by atoms with Crippen molar-refractivity contribution < 1.29 is 14.2 Å². The lowest BCUT2D eigenvalue weighted by Gasteiger charge is -2.08. The molecule has 1 N–H and O–H groups in total. The first-order valence-electron chi connectivity index (χ1n) is 7.18. The van der Waals surface area contributed by atoms with E-state index in [0.717, 1.165) is 33.6 Å². The molecule has 3 aromatic rings. The molecule has 3 rings (SSSR count). The highest BCUT2D eigenvalue weighted by molar-refractivity contribution is 7.14. The van der Waals surface area contributed by atoms with Crippen LogP contribution in [0.25, 0.3) is 11.3 Å². The van der Waals surface area contributed by atoms with Gasteiger partial charge in [-0.1, -0.05) is 0 Å². The van der Waals surface area contributed by atoms with Crippen molar-refractivity contribution in [2.24, 2.45) is 0 Å². The number of hydrogen-bond donors (Lipinski definition) is 1. The monoisotopic (exact) mass is 343 g/mol. The van der Waals surface area contributed by atoms with Crippen LogP contribution in [-0.2, 0) is 0 Å². The number of thiazole rings is 1. The molecule has 0 bridgehead atoms. The molecule has 2 aromatic heterocycles. The average Bonchev–Trinajstić information content (AvgIpc) is 3.10. The van der Waals surface area contributed by atoms with E-state index in [2.05, 4.69) is 15.3 Å². The molecule has 24 heavy (non-hydrogen) atoms. The van der Waals surface area contributed by atoms with Crippen LogP contribution in [-0.4, -0.2) is 31.3 Å². The normalized spacial score (nSPS) is 10.3. The van der Waals surface area contributed by atoms with Crippen LogP contribution >= 0.6 is 11.3 Å². The van der Waals surface area contributed by atoms with Crippen molar-refractivity contribution in [3.63, 3.8) is 0 Å². The van der Waals surface area contributed by atoms with Gasteiger partial charge >= 0.3 is 0 Å². The number of anilines is 2. The zero-order chi connectivity index (χ0) is 16.9. The molecule has 0 saturated heterocycles. The first-order valence-corrected chi connectivity index (χ1v) is 8.06. The van der Waals surface area contributed by atoms with E-state index in [1.54, 1.807) is 33.6 Å². The minimum absolute atomic E-state index is 0.573. The summed E-state index contributed by atoms with van der Waals surface area (Å²) in [6.45, 7) is 0. The Labute approximate surface area is 144 Å². The first kappa shape index (κ1) is 16.1. The molecule has 1 aromatic carbocycles. The summed E-state index contributed by atoms with van der Waals surface area (Å²) in [6, 6.07) is 9.35. The Balaban J connectivity index is 1.82. The lowest BCUT2D eigenvalue weighted by atomic mass is 10.1. The van der Waals surface area contributed by atoms with Gasteiger partial charge in [-0.15, -0.1) is 11.3 Å². The second-order valence-corrected chi connectivity index (χ2v) is 5.68. The van der Waals surface area contributed by atoms with Gasteiger partial charge in [0.25, 0.3) is 0 Å². The average molecular weight is 343 g/mol. The van der Waals surface area contributed by atoms with Crippen molar-refractivity contribution in [3.8, 4) is 28.6 Å². The van der Waals surface area contributed by atoms with Crippen molar-refractivity contribution in [3.05, 3.63) is 41.9 Å². The van der Waals surface area contributed by atoms with Crippen molar-refractivity contribution in [1.82, 2.24) is 9.97 Å². The van der Waals surface area contributed by atoms with Crippen molar-refractivity contribution in [2.75, 3.05) is 26.6 Å². The number of hydrogen-bond acceptors (Lipinski definition) is 7. The molecule has 0 fully saturated rings. The SMILES string of the molecule is COc1ccc(-c2csc(Nc3ccc(OC)nc3)n2)c(OC)c1. The molecular weight excluding hydrogens is 326 g/mol. The number of pyridine rings is 1. The van der Waals surface area contributed by atoms with E-state index in [4.69, 9.17) is 14.2 Å². The van der Waals surface area contributed by atoms with E-state index in [0.29, 0.717) is 5.88 Å². The summed E-state index contributed by atoms with van der Waals surface area (Å²) < 4.78 is 15.7. The molecule has 0 spiro atoms. The van der Waals surface area contributed by atoms with Crippen LogP contribution in [0.1, 0.15) is 0 Å². The van der Waals surface area contributed by atoms with Crippen molar-refractivity contribution in [1.29, 1.82) is 0 Å². The lowest BCUT2D eigenvalue weighted by Crippen LogP contribution is -1.93. The highest BCUT2D eigenvalue weighted by Gasteiger charge is 2.11. The topological polar surface area (TPSA) is 65.5 Å². The fraction of sp³-hybridized carbons (Fsp3) is 0.176. The van der Waals surface area contributed by atoms with Gasteiger partial charge in [0.05, 0.1) is 38.9 Å². The van der Waals surface area contributed by atoms with E-state index in [-0.39, 0.29) is 0 Å². The lowest BCUT2D eigenvalue weighted by molar-refractivity contribution is 0.395. The van der Waals surface area contributed by atoms with Crippen LogP contribution in [0.4, 0.5) is 10.8 Å². The second kappa shape index (κ2) is 7.18. The van der Waals surface area contributed by atoms with Gasteiger partial charge in [-0.2, -0.15) is 0 Å². The molecule has 0 saturated carbocycles. The molecular formula is C17H17N3O3S. The van der Waals surface area contributed by atoms with E-state index in [9.17, 15) is 0 Å². The summed E-state index contributed by atoms with van der Waals surface area (Å²) in [6.07, 6.45) is 1.70. The Morgan fingerprint density at radius 1 is 1.00 bits per heavy atom. The third-order valence-electron chi connectivity index (χ3n) is 3.39. The van der Waals surface area contributed by atoms with Crippen molar-refractivity contribution in [2.45, 2.75) is 0 Å². The quantitative estimate of drug-likeness (QED) is 0.730. The number of nitrogens with one attached hydrogen (secondary N) is 1. The maximum atomic E-state index is 5.44. The molecule has 6 nitrogen and oxygen atoms in total. The summed E-state index contributed by atoms with van der Waals surface area (Å²) in [5.74, 6) is 2.04. The third-order valence-corrected chi connectivity index (χ3v) is 4.14. The van der Waals surface area contributed by atoms with Gasteiger partial charge in [0, 0.05) is 23.1 Å². The number of ether oxygens (including phenoxy) is 3. The highest BCUT2D eigenvalue weighted by Crippen LogP contribution is 2.35. The van der Waals surface area contributed by atoms with Crippen LogP contribution in [0, 0.1) is 0 Å². The zero-order valence-corrected chi connectivity index (χ0v) is 14.4. The summed E-state index contributed by atoms with van der Waals surface area (Å²) in [5.41, 5.74) is 2.59. The van der Waals surface area contributed by atoms with E-state index in [1.165, 1.54) is 11.3 Å². The molecule has 0 atom stereocenters. The Kier molecular flexibility index (Phi) is 4.81. The number of aromatic nitrogens is 2. The minimum Gasteiger partial charge on any atom is -0.497 e. The molecule has 7 heteroatoms. The number of nitrogens with zero attached hydrogens (tertiary/aromatic N) is 2. The summed E-state index contributed by atoms with van der Waals surface area (Å²) in [5, 5.41) is 5.98. The smallest absolute Gasteiger partial charge is 0.213 e. The summed E-state index contributed by atoms with van der Waals surface area (Å²) in [7, 11) is 4.85. The maximum Gasteiger partial charge on any atom is 0.213 e. The predicted molar refractivity (Wildman–Crippen MR) is 94.7 cm³/mol. The Bertz CT molecular complexity index is 818. The van der Waals surface area contributed by atoms with Gasteiger partial charge in [0.1, 0.15) is 11.5 Å². The maximum absolute atomic E-state index is 5.44. The minimum atomic E-state index is 0.573. The number of benzene rings is 1. The van der Waals surface area contributed by atoms with E-state index in [1.807, 2.05) is 29.6 Å². The Morgan fingerprint density at radius 2 is 1.88 bits per heavy atom. The fourth-order valence-electron chi connectivity index (χ4n) is 2.16. The highest BCUT2D eigenvalue weighted by atomic mass is 32.1. The van der Waals surface area contributed by atoms with Crippen molar-refractivity contribution >= 4 is 22.2 Å². The summed E-state index contributed by atoms with van der Waals surface area (Å²) in [4.78, 5) is 8.77. The molecule has 0 radical (unpaired) electrons. The van der Waals surface area contributed by atoms with Gasteiger partial charge in [0.15, 0.2) is 5.13 Å². The van der Waals surface area contributed by atoms with Gasteiger partial charge in [-0.25, -0.2) is 9.97 Å². The molecule has 0 aliphatic rings. The molecule has 0 amide bonds. The third kappa shape index (κ3) is 3.41. The summed E-state index contributed by atoms with van der Waals surface area (Å²) >= 11 is 1.51. The predicted octanol–water partition coefficient (Wildman–Crippen LogP) is 3.97. The number of rotatable bonds is 6. The molecule has 2 heterocycles. The standard InChI is InChI=1S/C17H17N3O3S/c1-21-12-5-6-13(15(8-12)22-2)14-10-24-17(20-14)19-11-4-7-16(23-3)18-9-11/h4-10H,1-3H3,(H,19,20). The molecule has 0 unspecified atom stereocenters. The molecule has 0 aliphatic carbocycles. The van der Waals surface area contributed by atoms with Gasteiger partial charge in [-0.3, -0.25) is 0 Å². The largest absolute Gasteiger partial charge is 0.497 e. The second-order valence-electron chi connectivity index (χ2n) is 4.82. The zero-order valence-electron chi connectivity index (χ0n) is 13.6. The van der Waals surface area contributed by atoms with Crippen LogP contribution in [0.3, 0.4) is 0 Å². The molecule has 124 valence electrons. The van der Waals surface area contributed by atoms with E-state index < -0.39 is 0 Å². The van der Waals surface area contributed by atoms with Gasteiger partial charge in [-0.05, 0) is 18.2 Å². The number of methoxy groups -OCH3 is 3.